The fraction of sp³-hybridized carbons (Fsp3) is 0.224. The van der Waals surface area contributed by atoms with Crippen molar-refractivity contribution in [2.45, 2.75) is 70.9 Å². The van der Waals surface area contributed by atoms with Crippen LogP contribution in [0.1, 0.15) is 132 Å². The molecule has 4 amide bonds. The third-order valence-electron chi connectivity index (χ3n) is 19.9. The van der Waals surface area contributed by atoms with E-state index in [0.29, 0.717) is 79.3 Å². The maximum Gasteiger partial charge on any atom is 0.340 e. The molecule has 2 aliphatic rings. The molecule has 0 saturated carbocycles. The number of rotatable bonds is 16. The quantitative estimate of drug-likeness (QED) is 0.0689. The summed E-state index contributed by atoms with van der Waals surface area (Å²) in [5.41, 5.74) is -0.317. The van der Waals surface area contributed by atoms with Crippen LogP contribution in [-0.2, 0) is 13.7 Å². The van der Waals surface area contributed by atoms with E-state index in [1.54, 1.807) is 90.3 Å². The summed E-state index contributed by atoms with van der Waals surface area (Å²) in [4.78, 5) is 113. The first-order chi connectivity index (χ1) is 48.3. The van der Waals surface area contributed by atoms with Gasteiger partial charge < -0.3 is 33.9 Å². The number of carbonyl (C=O) groups excluding carboxylic acids is 6. The molecular formula is C85H84N4O11P2. The Bertz CT molecular complexity index is 5300. The number of amides is 4. The number of carbonyl (C=O) groups is 6. The van der Waals surface area contributed by atoms with E-state index in [1.165, 1.54) is 6.66 Å². The van der Waals surface area contributed by atoms with Gasteiger partial charge >= 0.3 is 7.60 Å². The van der Waals surface area contributed by atoms with Gasteiger partial charge in [0.15, 0.2) is 11.6 Å². The van der Waals surface area contributed by atoms with Crippen molar-refractivity contribution in [3.63, 3.8) is 0 Å². The fourth-order valence-corrected chi connectivity index (χ4v) is 17.6. The molecule has 2 N–H and O–H groups in total. The molecule has 17 heteroatoms. The van der Waals surface area contributed by atoms with E-state index in [2.05, 4.69) is 0 Å². The molecule has 2 aliphatic heterocycles. The number of fused-ring (bicyclic) bond motifs is 6. The highest BCUT2D eigenvalue weighted by Crippen LogP contribution is 2.60. The molecular weight excluding hydrogens is 1310 g/mol. The molecule has 0 spiro atoms. The second-order valence-electron chi connectivity index (χ2n) is 26.1. The van der Waals surface area contributed by atoms with E-state index in [1.807, 2.05) is 193 Å². The molecule has 0 aliphatic carbocycles. The smallest absolute Gasteiger partial charge is 0.339 e. The lowest BCUT2D eigenvalue weighted by atomic mass is 9.91. The van der Waals surface area contributed by atoms with E-state index in [9.17, 15) is 47.7 Å². The normalized spacial score (nSPS) is 14.8. The summed E-state index contributed by atoms with van der Waals surface area (Å²) in [6.45, 7) is 5.39. The molecule has 15 nitrogen and oxygen atoms in total. The fourth-order valence-electron chi connectivity index (χ4n) is 14.6. The first-order valence-corrected chi connectivity index (χ1v) is 37.5. The number of ketones is 2. The average molecular weight is 1400 g/mol. The number of benzene rings is 12. The zero-order valence-electron chi connectivity index (χ0n) is 56.0. The highest BCUT2D eigenvalue weighted by Gasteiger charge is 2.43. The van der Waals surface area contributed by atoms with Gasteiger partial charge in [0.1, 0.15) is 11.3 Å². The molecule has 0 radical (unpaired) electrons. The molecule has 102 heavy (non-hydrogen) atoms. The number of Topliss-reactive ketones (excluding diaryl/α,β-unsaturated/α-hetero) is 2. The largest absolute Gasteiger partial charge is 0.340 e. The molecule has 520 valence electrons. The average Bonchev–Trinajstić information content (AvgIpc) is 0.753. The summed E-state index contributed by atoms with van der Waals surface area (Å²) in [6.07, 6.45) is 2.29. The maximum atomic E-state index is 14.9. The number of piperidine rings is 2. The third-order valence-corrected chi connectivity index (χ3v) is 23.3. The zero-order chi connectivity index (χ0) is 70.0. The lowest BCUT2D eigenvalue weighted by Gasteiger charge is -2.37. The molecule has 12 aromatic carbocycles. The Morgan fingerprint density at radius 3 is 1.08 bits per heavy atom. The minimum Gasteiger partial charge on any atom is -0.339 e. The number of hydrogen-bond acceptors (Lipinski definition) is 9. The van der Waals surface area contributed by atoms with Gasteiger partial charge in [0, 0.05) is 81.3 Å². The molecule has 0 aromatic heterocycles. The maximum absolute atomic E-state index is 14.9. The van der Waals surface area contributed by atoms with Gasteiger partial charge in [-0.15, -0.1) is 0 Å². The molecule has 2 fully saturated rings. The van der Waals surface area contributed by atoms with Gasteiger partial charge in [0.05, 0.1) is 17.7 Å². The van der Waals surface area contributed by atoms with Crippen molar-refractivity contribution in [2.75, 3.05) is 53.5 Å². The van der Waals surface area contributed by atoms with Crippen LogP contribution in [0.4, 0.5) is 0 Å². The predicted octanol–water partition coefficient (Wildman–Crippen LogP) is 18.3. The summed E-state index contributed by atoms with van der Waals surface area (Å²) >= 11 is 0. The second-order valence-corrected chi connectivity index (χ2v) is 30.4. The summed E-state index contributed by atoms with van der Waals surface area (Å²) in [5, 5.41) is 10.2. The number of hydrogen-bond donors (Lipinski definition) is 2. The highest BCUT2D eigenvalue weighted by atomic mass is 31.2. The minimum atomic E-state index is -5.05. The van der Waals surface area contributed by atoms with Crippen LogP contribution in [0, 0.1) is 0 Å². The van der Waals surface area contributed by atoms with Crippen LogP contribution in [-0.4, -0.2) is 130 Å². The SMILES string of the molecule is C.C.CCOP(C)(=O)C(C(=O)c1cc2ccccc2cc1C(=O)N(C)C1CCN(C(=O)c2ccc3ccccc3c2)CC1)c1cccc2ccccc12.CN(C(=O)c1cc2ccccc2cc1C(=O)C(c1cccc2ccccc12)P(=O)(O)O)C1CCN(C(=O)c2ccc3ccccc3c2)CC1. The monoisotopic (exact) mass is 1400 g/mol. The second kappa shape index (κ2) is 30.9. The van der Waals surface area contributed by atoms with Crippen molar-refractivity contribution in [3.05, 3.63) is 287 Å². The van der Waals surface area contributed by atoms with Gasteiger partial charge in [-0.05, 0) is 157 Å². The molecule has 14 rings (SSSR count). The summed E-state index contributed by atoms with van der Waals surface area (Å²) in [7, 11) is -5.18. The van der Waals surface area contributed by atoms with Gasteiger partial charge in [-0.1, -0.05) is 209 Å². The minimum absolute atomic E-state index is 0. The van der Waals surface area contributed by atoms with Crippen LogP contribution in [0.3, 0.4) is 0 Å². The lowest BCUT2D eigenvalue weighted by molar-refractivity contribution is 0.0555. The Kier molecular flexibility index (Phi) is 22.1. The van der Waals surface area contributed by atoms with E-state index in [-0.39, 0.29) is 79.1 Å². The Balaban J connectivity index is 0.000000201. The van der Waals surface area contributed by atoms with Gasteiger partial charge in [0.2, 0.25) is 7.37 Å². The highest BCUT2D eigenvalue weighted by molar-refractivity contribution is 7.59. The van der Waals surface area contributed by atoms with Crippen molar-refractivity contribution in [3.8, 4) is 0 Å². The Morgan fingerprint density at radius 1 is 0.412 bits per heavy atom. The van der Waals surface area contributed by atoms with Crippen molar-refractivity contribution in [2.24, 2.45) is 0 Å². The molecule has 3 unspecified atom stereocenters. The number of likely N-dealkylation sites (tertiary alicyclic amines) is 2. The Labute approximate surface area is 594 Å². The van der Waals surface area contributed by atoms with Crippen molar-refractivity contribution in [1.29, 1.82) is 0 Å². The zero-order valence-corrected chi connectivity index (χ0v) is 57.8. The van der Waals surface area contributed by atoms with Gasteiger partial charge in [-0.25, -0.2) is 0 Å². The van der Waals surface area contributed by atoms with Gasteiger partial charge in [-0.2, -0.15) is 0 Å². The first-order valence-electron chi connectivity index (χ1n) is 33.7. The Hall–Kier alpha value is -10.2. The van der Waals surface area contributed by atoms with Crippen LogP contribution < -0.4 is 0 Å². The van der Waals surface area contributed by atoms with Crippen molar-refractivity contribution >= 4 is 115 Å². The van der Waals surface area contributed by atoms with Crippen LogP contribution in [0.2, 0.25) is 0 Å². The van der Waals surface area contributed by atoms with E-state index in [4.69, 9.17) is 4.52 Å². The van der Waals surface area contributed by atoms with Crippen LogP contribution in [0.5, 0.6) is 0 Å². The standard InChI is InChI=1S/C43H41N2O5P.C40H35N2O6P.2CH4/c1-4-50-51(3,49)41(37-19-11-17-30-13-9-10-18-36(30)37)40(46)38-27-32-15-7-8-16-33(32)28-39(38)43(48)44(2)35-22-24-45(25-23-35)42(47)34-21-20-29-12-5-6-14-31(29)26-34;1-41(32-19-21-42(22-20-32)39(44)31-18-17-26-9-2-3-11-28(26)23-31)40(45)36-25-30-13-5-4-12-29(30)24-35(36)37(43)38(49(46,47)48)34-16-8-14-27-10-6-7-15-33(27)34;;/h5-21,26-28,35,41H,4,22-25H2,1-3H3;2-18,23-25,32,38H,19-22H2,1H3,(H2,46,47,48);2*1H4. The van der Waals surface area contributed by atoms with Crippen LogP contribution >= 0.6 is 15.0 Å². The summed E-state index contributed by atoms with van der Waals surface area (Å²) in [6, 6.07) is 74.2. The molecule has 12 aromatic rings. The molecule has 0 bridgehead atoms. The topological polar surface area (TPSA) is 199 Å². The summed E-state index contributed by atoms with van der Waals surface area (Å²) < 4.78 is 33.4. The molecule has 2 heterocycles. The van der Waals surface area contributed by atoms with E-state index in [0.717, 1.165) is 53.9 Å². The van der Waals surface area contributed by atoms with Gasteiger partial charge in [-0.3, -0.25) is 37.9 Å². The number of nitrogens with zero attached hydrogens (tertiary/aromatic N) is 4. The van der Waals surface area contributed by atoms with Crippen LogP contribution in [0.15, 0.2) is 243 Å². The third kappa shape index (κ3) is 14.9. The lowest BCUT2D eigenvalue weighted by Crippen LogP contribution is -2.47. The Morgan fingerprint density at radius 2 is 0.716 bits per heavy atom. The summed E-state index contributed by atoms with van der Waals surface area (Å²) in [5.74, 6) is -2.02. The predicted molar refractivity (Wildman–Crippen MR) is 411 cm³/mol. The van der Waals surface area contributed by atoms with Crippen molar-refractivity contribution in [1.82, 2.24) is 19.6 Å². The van der Waals surface area contributed by atoms with Gasteiger partial charge in [0.25, 0.3) is 23.6 Å². The molecule has 3 atom stereocenters. The van der Waals surface area contributed by atoms with E-state index >= 15 is 0 Å². The first kappa shape index (κ1) is 73.0. The van der Waals surface area contributed by atoms with E-state index < -0.39 is 43.8 Å². The van der Waals surface area contributed by atoms with Crippen LogP contribution in [0.25, 0.3) is 64.6 Å². The molecule has 2 saturated heterocycles. The van der Waals surface area contributed by atoms with Crippen molar-refractivity contribution < 1.29 is 52.2 Å².